The van der Waals surface area contributed by atoms with Crippen LogP contribution in [0.2, 0.25) is 5.15 Å². The topological polar surface area (TPSA) is 29.0 Å². The number of aromatic nitrogens is 2. The molecule has 4 heteroatoms. The van der Waals surface area contributed by atoms with Crippen molar-refractivity contribution in [2.24, 2.45) is 5.92 Å². The molecular weight excluding hydrogens is 210 g/mol. The molecule has 0 fully saturated rings. The van der Waals surface area contributed by atoms with Crippen molar-refractivity contribution < 1.29 is 0 Å². The Labute approximate surface area is 96.5 Å². The normalized spacial score (nSPS) is 11.1. The van der Waals surface area contributed by atoms with E-state index in [4.69, 9.17) is 11.6 Å². The Morgan fingerprint density at radius 2 is 1.93 bits per heavy atom. The van der Waals surface area contributed by atoms with Gasteiger partial charge in [0.15, 0.2) is 0 Å². The van der Waals surface area contributed by atoms with Gasteiger partial charge in [-0.25, -0.2) is 4.98 Å². The van der Waals surface area contributed by atoms with Crippen LogP contribution in [0.3, 0.4) is 0 Å². The average Bonchev–Trinajstić information content (AvgIpc) is 2.13. The summed E-state index contributed by atoms with van der Waals surface area (Å²) in [5.41, 5.74) is 0. The van der Waals surface area contributed by atoms with Crippen molar-refractivity contribution in [1.29, 1.82) is 0 Å². The molecule has 0 spiro atoms. The number of rotatable bonds is 4. The number of nitrogens with zero attached hydrogens (tertiary/aromatic N) is 3. The lowest BCUT2D eigenvalue weighted by atomic mass is 10.2. The highest BCUT2D eigenvalue weighted by atomic mass is 35.5. The van der Waals surface area contributed by atoms with Crippen LogP contribution >= 0.6 is 11.6 Å². The molecule has 0 aliphatic heterocycles. The zero-order valence-corrected chi connectivity index (χ0v) is 10.5. The molecule has 1 aromatic heterocycles. The number of hydrogen-bond donors (Lipinski definition) is 0. The van der Waals surface area contributed by atoms with E-state index in [0.29, 0.717) is 17.1 Å². The van der Waals surface area contributed by atoms with E-state index in [2.05, 4.69) is 42.6 Å². The lowest BCUT2D eigenvalue weighted by molar-refractivity contribution is 0.565. The van der Waals surface area contributed by atoms with Gasteiger partial charge in [0.2, 0.25) is 0 Å². The summed E-state index contributed by atoms with van der Waals surface area (Å²) < 4.78 is 0. The standard InChI is InChI=1S/C11H18ClN3/c1-8(2)7-15(9(3)4)11-6-13-5-10(12)14-11/h5-6,8-9H,7H2,1-4H3. The van der Waals surface area contributed by atoms with Crippen LogP contribution in [0.4, 0.5) is 5.82 Å². The van der Waals surface area contributed by atoms with Crippen LogP contribution in [0.25, 0.3) is 0 Å². The predicted molar refractivity (Wildman–Crippen MR) is 64.4 cm³/mol. The fraction of sp³-hybridized carbons (Fsp3) is 0.636. The number of halogens is 1. The maximum absolute atomic E-state index is 5.83. The third-order valence-electron chi connectivity index (χ3n) is 2.07. The molecule has 0 aliphatic carbocycles. The van der Waals surface area contributed by atoms with E-state index in [1.54, 1.807) is 12.4 Å². The molecule has 0 saturated carbocycles. The van der Waals surface area contributed by atoms with E-state index in [1.165, 1.54) is 0 Å². The van der Waals surface area contributed by atoms with Crippen molar-refractivity contribution in [3.8, 4) is 0 Å². The Hall–Kier alpha value is -0.830. The molecule has 0 unspecified atom stereocenters. The van der Waals surface area contributed by atoms with Crippen LogP contribution in [0.5, 0.6) is 0 Å². The minimum atomic E-state index is 0.403. The van der Waals surface area contributed by atoms with E-state index in [-0.39, 0.29) is 0 Å². The largest absolute Gasteiger partial charge is 0.353 e. The molecule has 1 heterocycles. The van der Waals surface area contributed by atoms with Gasteiger partial charge < -0.3 is 4.90 Å². The molecule has 0 atom stereocenters. The van der Waals surface area contributed by atoms with Crippen LogP contribution < -0.4 is 4.90 Å². The Morgan fingerprint density at radius 1 is 1.27 bits per heavy atom. The van der Waals surface area contributed by atoms with Gasteiger partial charge in [0.05, 0.1) is 12.4 Å². The molecule has 1 aromatic rings. The van der Waals surface area contributed by atoms with Crippen molar-refractivity contribution >= 4 is 17.4 Å². The van der Waals surface area contributed by atoms with E-state index in [0.717, 1.165) is 12.4 Å². The first-order chi connectivity index (χ1) is 7.00. The van der Waals surface area contributed by atoms with Gasteiger partial charge in [-0.05, 0) is 19.8 Å². The van der Waals surface area contributed by atoms with E-state index < -0.39 is 0 Å². The van der Waals surface area contributed by atoms with Gasteiger partial charge in [-0.2, -0.15) is 0 Å². The summed E-state index contributed by atoms with van der Waals surface area (Å²) in [6, 6.07) is 0.403. The van der Waals surface area contributed by atoms with Crippen LogP contribution in [-0.2, 0) is 0 Å². The first-order valence-electron chi connectivity index (χ1n) is 5.25. The summed E-state index contributed by atoms with van der Waals surface area (Å²) in [7, 11) is 0. The molecule has 3 nitrogen and oxygen atoms in total. The molecule has 0 bridgehead atoms. The second kappa shape index (κ2) is 5.31. The molecule has 0 aliphatic rings. The van der Waals surface area contributed by atoms with Gasteiger partial charge in [0.25, 0.3) is 0 Å². The summed E-state index contributed by atoms with van der Waals surface area (Å²) >= 11 is 5.83. The zero-order chi connectivity index (χ0) is 11.4. The van der Waals surface area contributed by atoms with Gasteiger partial charge in [-0.15, -0.1) is 0 Å². The fourth-order valence-corrected chi connectivity index (χ4v) is 1.58. The van der Waals surface area contributed by atoms with Crippen LogP contribution in [0, 0.1) is 5.92 Å². The highest BCUT2D eigenvalue weighted by Gasteiger charge is 2.13. The van der Waals surface area contributed by atoms with Crippen LogP contribution in [0.15, 0.2) is 12.4 Å². The third kappa shape index (κ3) is 3.67. The average molecular weight is 228 g/mol. The minimum absolute atomic E-state index is 0.403. The first-order valence-corrected chi connectivity index (χ1v) is 5.62. The Kier molecular flexibility index (Phi) is 4.33. The maximum Gasteiger partial charge on any atom is 0.149 e. The Bertz CT molecular complexity index is 312. The molecule has 1 rings (SSSR count). The van der Waals surface area contributed by atoms with Gasteiger partial charge in [-0.3, -0.25) is 4.98 Å². The van der Waals surface area contributed by atoms with E-state index in [1.807, 2.05) is 0 Å². The van der Waals surface area contributed by atoms with Gasteiger partial charge in [0.1, 0.15) is 11.0 Å². The highest BCUT2D eigenvalue weighted by Crippen LogP contribution is 2.16. The molecule has 0 aromatic carbocycles. The van der Waals surface area contributed by atoms with Crippen LogP contribution in [0.1, 0.15) is 27.7 Å². The highest BCUT2D eigenvalue weighted by molar-refractivity contribution is 6.29. The van der Waals surface area contributed by atoms with Gasteiger partial charge in [-0.1, -0.05) is 25.4 Å². The zero-order valence-electron chi connectivity index (χ0n) is 9.74. The molecule has 15 heavy (non-hydrogen) atoms. The third-order valence-corrected chi connectivity index (χ3v) is 2.25. The second-order valence-electron chi connectivity index (χ2n) is 4.34. The molecule has 0 radical (unpaired) electrons. The number of hydrogen-bond acceptors (Lipinski definition) is 3. The monoisotopic (exact) mass is 227 g/mol. The molecule has 0 saturated heterocycles. The Balaban J connectivity index is 2.88. The smallest absolute Gasteiger partial charge is 0.149 e. The van der Waals surface area contributed by atoms with Crippen molar-refractivity contribution in [1.82, 2.24) is 9.97 Å². The Morgan fingerprint density at radius 3 is 2.40 bits per heavy atom. The molecule has 0 N–H and O–H groups in total. The first kappa shape index (κ1) is 12.2. The summed E-state index contributed by atoms with van der Waals surface area (Å²) in [5.74, 6) is 1.44. The van der Waals surface area contributed by atoms with Crippen molar-refractivity contribution in [3.05, 3.63) is 17.5 Å². The van der Waals surface area contributed by atoms with Crippen molar-refractivity contribution in [2.75, 3.05) is 11.4 Å². The van der Waals surface area contributed by atoms with E-state index >= 15 is 0 Å². The summed E-state index contributed by atoms with van der Waals surface area (Å²) in [6.45, 7) is 9.63. The van der Waals surface area contributed by atoms with Gasteiger partial charge in [0, 0.05) is 12.6 Å². The second-order valence-corrected chi connectivity index (χ2v) is 4.73. The lowest BCUT2D eigenvalue weighted by Gasteiger charge is -2.29. The van der Waals surface area contributed by atoms with Gasteiger partial charge >= 0.3 is 0 Å². The molecule has 84 valence electrons. The molecule has 0 amide bonds. The minimum Gasteiger partial charge on any atom is -0.353 e. The summed E-state index contributed by atoms with van der Waals surface area (Å²) in [4.78, 5) is 10.5. The quantitative estimate of drug-likeness (QED) is 0.792. The van der Waals surface area contributed by atoms with Crippen molar-refractivity contribution in [3.63, 3.8) is 0 Å². The predicted octanol–water partition coefficient (Wildman–Crippen LogP) is 3.00. The lowest BCUT2D eigenvalue weighted by Crippen LogP contribution is -2.34. The molecular formula is C11H18ClN3. The maximum atomic E-state index is 5.83. The van der Waals surface area contributed by atoms with E-state index in [9.17, 15) is 0 Å². The summed E-state index contributed by atoms with van der Waals surface area (Å²) in [6.07, 6.45) is 3.31. The number of anilines is 1. The van der Waals surface area contributed by atoms with Crippen LogP contribution in [-0.4, -0.2) is 22.6 Å². The SMILES string of the molecule is CC(C)CN(c1cncc(Cl)n1)C(C)C. The fourth-order valence-electron chi connectivity index (χ4n) is 1.43. The summed E-state index contributed by atoms with van der Waals surface area (Å²) in [5, 5.41) is 0.446. The van der Waals surface area contributed by atoms with Crippen molar-refractivity contribution in [2.45, 2.75) is 33.7 Å².